The summed E-state index contributed by atoms with van der Waals surface area (Å²) < 4.78 is 7.76. The maximum atomic E-state index is 5.10. The van der Waals surface area contributed by atoms with E-state index in [1.54, 1.807) is 0 Å². The van der Waals surface area contributed by atoms with Crippen LogP contribution in [-0.4, -0.2) is 9.38 Å². The van der Waals surface area contributed by atoms with Crippen molar-refractivity contribution >= 4 is 38.5 Å². The smallest absolute Gasteiger partial charge is 0.217 e. The molecule has 0 saturated carbocycles. The Balaban J connectivity index is 1.37. The average Bonchev–Trinajstić information content (AvgIpc) is 3.86. The SMILES string of the molecule is CC(C)(C)c1cc[n+]2c(c1)-c1cccc3c1C21c2c(ccc4c5cccnc5n5c6ccccc6[n+]1c5c24)C31c2ccccc2-c2ccccc21. The minimum absolute atomic E-state index is 0.00429. The quantitative estimate of drug-likeness (QED) is 0.119. The molecule has 4 heteroatoms. The Labute approximate surface area is 294 Å². The Morgan fingerprint density at radius 2 is 1.33 bits per heavy atom. The van der Waals surface area contributed by atoms with E-state index >= 15 is 0 Å². The van der Waals surface area contributed by atoms with E-state index in [0.717, 1.165) is 5.65 Å². The highest BCUT2D eigenvalue weighted by atomic mass is 15.3. The van der Waals surface area contributed by atoms with Crippen LogP contribution < -0.4 is 9.13 Å². The topological polar surface area (TPSA) is 25.1 Å². The van der Waals surface area contributed by atoms with E-state index in [1.165, 1.54) is 94.2 Å². The van der Waals surface area contributed by atoms with Crippen molar-refractivity contribution in [1.82, 2.24) is 9.38 Å². The van der Waals surface area contributed by atoms with Crippen molar-refractivity contribution < 1.29 is 9.13 Å². The Hall–Kier alpha value is -6.13. The molecule has 0 N–H and O–H groups in total. The molecule has 0 radical (unpaired) electrons. The van der Waals surface area contributed by atoms with Gasteiger partial charge in [-0.05, 0) is 74.7 Å². The number of imidazole rings is 1. The lowest BCUT2D eigenvalue weighted by Gasteiger charge is -2.42. The van der Waals surface area contributed by atoms with Crippen molar-refractivity contribution in [3.05, 3.63) is 179 Å². The number of pyridine rings is 3. The molecule has 4 nitrogen and oxygen atoms in total. The molecule has 238 valence electrons. The zero-order valence-corrected chi connectivity index (χ0v) is 28.6. The summed E-state index contributed by atoms with van der Waals surface area (Å²) in [6, 6.07) is 48.5. The van der Waals surface area contributed by atoms with Gasteiger partial charge in [0.1, 0.15) is 0 Å². The van der Waals surface area contributed by atoms with Crippen molar-refractivity contribution in [2.24, 2.45) is 0 Å². The minimum Gasteiger partial charge on any atom is -0.217 e. The van der Waals surface area contributed by atoms with Gasteiger partial charge in [-0.2, -0.15) is 4.40 Å². The zero-order valence-electron chi connectivity index (χ0n) is 28.6. The van der Waals surface area contributed by atoms with Gasteiger partial charge < -0.3 is 0 Å². The van der Waals surface area contributed by atoms with E-state index < -0.39 is 11.1 Å². The lowest BCUT2D eigenvalue weighted by molar-refractivity contribution is -0.940. The summed E-state index contributed by atoms with van der Waals surface area (Å²) in [4.78, 5) is 5.10. The van der Waals surface area contributed by atoms with Crippen molar-refractivity contribution in [3.63, 3.8) is 0 Å². The molecular weight excluding hydrogens is 621 g/mol. The van der Waals surface area contributed by atoms with Crippen LogP contribution >= 0.6 is 0 Å². The molecule has 2 spiro atoms. The van der Waals surface area contributed by atoms with Crippen molar-refractivity contribution in [3.8, 4) is 22.4 Å². The fourth-order valence-corrected chi connectivity index (χ4v) is 11.0. The maximum Gasteiger partial charge on any atom is 0.365 e. The van der Waals surface area contributed by atoms with Crippen LogP contribution in [0, 0.1) is 0 Å². The number of benzene rings is 5. The predicted octanol–water partition coefficient (Wildman–Crippen LogP) is 8.93. The fraction of sp³-hybridized carbons (Fsp3) is 0.128. The standard InChI is InChI=1S/C47H32N4/c1-45(2,3)27-23-25-49-39(26-27)32-14-10-18-35-41(32)47(49)42-36(46(35)33-16-6-4-12-28(33)29-13-5-7-17-34(29)46)22-21-30-31-15-11-24-48-43(31)50-37-19-8-9-20-38(37)51(47)44(50)40(30)42/h4-26H,1-3H3/q+2. The third kappa shape index (κ3) is 2.60. The van der Waals surface area contributed by atoms with Crippen LogP contribution in [0.4, 0.5) is 0 Å². The molecule has 1 unspecified atom stereocenters. The summed E-state index contributed by atoms with van der Waals surface area (Å²) in [7, 11) is 0. The van der Waals surface area contributed by atoms with Gasteiger partial charge in [-0.3, -0.25) is 0 Å². The monoisotopic (exact) mass is 652 g/mol. The second-order valence-corrected chi connectivity index (χ2v) is 15.9. The number of nitrogens with zero attached hydrogens (tertiary/aromatic N) is 4. The van der Waals surface area contributed by atoms with E-state index in [2.05, 4.69) is 168 Å². The van der Waals surface area contributed by atoms with E-state index in [4.69, 9.17) is 4.98 Å². The van der Waals surface area contributed by atoms with Gasteiger partial charge in [0.25, 0.3) is 0 Å². The van der Waals surface area contributed by atoms with Crippen LogP contribution in [0.2, 0.25) is 0 Å². The first-order chi connectivity index (χ1) is 25.0. The van der Waals surface area contributed by atoms with Crippen LogP contribution in [0.15, 0.2) is 140 Å². The number of fused-ring (bicyclic) bond motifs is 15. The van der Waals surface area contributed by atoms with Crippen LogP contribution in [0.5, 0.6) is 0 Å². The molecule has 1 atom stereocenters. The number of hydrogen-bond donors (Lipinski definition) is 0. The molecule has 0 saturated heterocycles. The average molecular weight is 653 g/mol. The molecule has 0 bridgehead atoms. The van der Waals surface area contributed by atoms with Gasteiger partial charge in [0.15, 0.2) is 17.2 Å². The lowest BCUT2D eigenvalue weighted by Crippen LogP contribution is -2.73. The Morgan fingerprint density at radius 1 is 0.627 bits per heavy atom. The van der Waals surface area contributed by atoms with Gasteiger partial charge >= 0.3 is 11.3 Å². The molecule has 51 heavy (non-hydrogen) atoms. The first-order valence-corrected chi connectivity index (χ1v) is 18.1. The molecule has 0 fully saturated rings. The molecule has 4 aromatic heterocycles. The highest BCUT2D eigenvalue weighted by Gasteiger charge is 2.72. The van der Waals surface area contributed by atoms with Gasteiger partial charge in [-0.1, -0.05) is 106 Å². The van der Waals surface area contributed by atoms with Crippen molar-refractivity contribution in [2.45, 2.75) is 37.3 Å². The third-order valence-corrected chi connectivity index (χ3v) is 12.8. The molecule has 4 aliphatic rings. The Morgan fingerprint density at radius 3 is 2.14 bits per heavy atom. The third-order valence-electron chi connectivity index (χ3n) is 12.8. The highest BCUT2D eigenvalue weighted by Crippen LogP contribution is 2.65. The Bertz CT molecular complexity index is 3090. The van der Waals surface area contributed by atoms with Crippen molar-refractivity contribution in [2.75, 3.05) is 0 Å². The molecule has 2 aliphatic heterocycles. The van der Waals surface area contributed by atoms with Crippen molar-refractivity contribution in [1.29, 1.82) is 0 Å². The summed E-state index contributed by atoms with van der Waals surface area (Å²) in [5.74, 6) is 0. The molecule has 5 aromatic carbocycles. The summed E-state index contributed by atoms with van der Waals surface area (Å²) >= 11 is 0. The van der Waals surface area contributed by atoms with E-state index in [9.17, 15) is 0 Å². The molecule has 2 aliphatic carbocycles. The molecule has 6 heterocycles. The normalized spacial score (nSPS) is 17.9. The minimum atomic E-state index is -0.641. The summed E-state index contributed by atoms with van der Waals surface area (Å²) in [6.45, 7) is 6.97. The number of rotatable bonds is 0. The first-order valence-electron chi connectivity index (χ1n) is 18.1. The second-order valence-electron chi connectivity index (χ2n) is 15.9. The predicted molar refractivity (Wildman–Crippen MR) is 201 cm³/mol. The van der Waals surface area contributed by atoms with Crippen LogP contribution in [0.1, 0.15) is 59.7 Å². The highest BCUT2D eigenvalue weighted by molar-refractivity contribution is 6.15. The van der Waals surface area contributed by atoms with E-state index in [-0.39, 0.29) is 5.41 Å². The van der Waals surface area contributed by atoms with Crippen LogP contribution in [-0.2, 0) is 16.5 Å². The van der Waals surface area contributed by atoms with E-state index in [0.29, 0.717) is 0 Å². The maximum absolute atomic E-state index is 5.10. The summed E-state index contributed by atoms with van der Waals surface area (Å²) in [5.41, 5.74) is 18.3. The van der Waals surface area contributed by atoms with E-state index in [1.807, 2.05) is 6.20 Å². The number of hydrogen-bond acceptors (Lipinski definition) is 1. The molecule has 13 rings (SSSR count). The summed E-state index contributed by atoms with van der Waals surface area (Å²) in [5, 5.41) is 3.76. The molecule has 9 aromatic rings. The summed E-state index contributed by atoms with van der Waals surface area (Å²) in [6.07, 6.45) is 4.34. The molecular formula is C47H32N4+2. The molecule has 0 amide bonds. The van der Waals surface area contributed by atoms with Gasteiger partial charge in [-0.25, -0.2) is 4.98 Å². The van der Waals surface area contributed by atoms with Crippen LogP contribution in [0.3, 0.4) is 0 Å². The number of aromatic nitrogens is 4. The largest absolute Gasteiger partial charge is 0.365 e. The Kier molecular flexibility index (Phi) is 4.32. The zero-order chi connectivity index (χ0) is 33.6. The van der Waals surface area contributed by atoms with Gasteiger partial charge in [0, 0.05) is 23.7 Å². The van der Waals surface area contributed by atoms with Gasteiger partial charge in [-0.15, -0.1) is 9.13 Å². The number of para-hydroxylation sites is 2. The lowest BCUT2D eigenvalue weighted by atomic mass is 9.58. The fourth-order valence-electron chi connectivity index (χ4n) is 11.0. The van der Waals surface area contributed by atoms with Crippen LogP contribution in [0.25, 0.3) is 60.9 Å². The second kappa shape index (κ2) is 8.25. The van der Waals surface area contributed by atoms with Gasteiger partial charge in [0.2, 0.25) is 11.3 Å². The van der Waals surface area contributed by atoms with Gasteiger partial charge in [0.05, 0.1) is 32.9 Å². The first kappa shape index (κ1) is 26.7.